The smallest absolute Gasteiger partial charge is 0.326 e. The lowest BCUT2D eigenvalue weighted by Gasteiger charge is -2.14. The molecule has 0 saturated heterocycles. The van der Waals surface area contributed by atoms with Gasteiger partial charge in [-0.3, -0.25) is 4.79 Å². The van der Waals surface area contributed by atoms with Gasteiger partial charge in [0, 0.05) is 12.8 Å². The molecule has 0 bridgehead atoms. The van der Waals surface area contributed by atoms with E-state index >= 15 is 0 Å². The lowest BCUT2D eigenvalue weighted by atomic mass is 10.0. The number of hydrogen-bond donors (Lipinski definition) is 2. The molecular weight excluding hydrogens is 458 g/mol. The molecule has 1 aromatic rings. The first-order valence-electron chi connectivity index (χ1n) is 15.7. The second-order valence-electron chi connectivity index (χ2n) is 11.0. The van der Waals surface area contributed by atoms with Gasteiger partial charge >= 0.3 is 5.97 Å². The SMILES string of the molecule is CCCCCCCCCCCCCCCCCCCCCCCC(=O)N[C@@H](Cc1ccccc1)C(=O)O. The normalized spacial score (nSPS) is 11.9. The molecule has 0 radical (unpaired) electrons. The minimum atomic E-state index is -0.976. The van der Waals surface area contributed by atoms with Crippen LogP contribution in [0.25, 0.3) is 0 Å². The van der Waals surface area contributed by atoms with Crippen molar-refractivity contribution < 1.29 is 14.7 Å². The molecule has 0 aromatic heterocycles. The van der Waals surface area contributed by atoms with E-state index in [0.29, 0.717) is 12.8 Å². The summed E-state index contributed by atoms with van der Waals surface area (Å²) in [5.41, 5.74) is 0.921. The minimum absolute atomic E-state index is 0.152. The molecule has 0 fully saturated rings. The Hall–Kier alpha value is -1.84. The van der Waals surface area contributed by atoms with Gasteiger partial charge in [0.1, 0.15) is 6.04 Å². The van der Waals surface area contributed by atoms with Crippen LogP contribution in [0.1, 0.15) is 154 Å². The number of amides is 1. The summed E-state index contributed by atoms with van der Waals surface area (Å²) >= 11 is 0. The molecule has 0 saturated carbocycles. The van der Waals surface area contributed by atoms with Gasteiger partial charge in [-0.05, 0) is 12.0 Å². The molecule has 0 unspecified atom stereocenters. The Balaban J connectivity index is 1.83. The number of hydrogen-bond acceptors (Lipinski definition) is 2. The number of carboxylic acids is 1. The monoisotopic (exact) mass is 515 g/mol. The van der Waals surface area contributed by atoms with Crippen molar-refractivity contribution in [2.45, 2.75) is 161 Å². The fourth-order valence-electron chi connectivity index (χ4n) is 5.03. The maximum absolute atomic E-state index is 12.2. The first-order chi connectivity index (χ1) is 18.1. The fraction of sp³-hybridized carbons (Fsp3) is 0.758. The first-order valence-corrected chi connectivity index (χ1v) is 15.7. The fourth-order valence-corrected chi connectivity index (χ4v) is 5.03. The van der Waals surface area contributed by atoms with E-state index in [-0.39, 0.29) is 5.91 Å². The lowest BCUT2D eigenvalue weighted by Crippen LogP contribution is -2.42. The summed E-state index contributed by atoms with van der Waals surface area (Å²) in [5.74, 6) is -1.13. The zero-order valence-corrected chi connectivity index (χ0v) is 24.0. The van der Waals surface area contributed by atoms with Crippen LogP contribution in [0.4, 0.5) is 0 Å². The van der Waals surface area contributed by atoms with E-state index in [2.05, 4.69) is 12.2 Å². The molecule has 1 atom stereocenters. The van der Waals surface area contributed by atoms with Gasteiger partial charge in [-0.1, -0.05) is 166 Å². The summed E-state index contributed by atoms with van der Waals surface area (Å²) in [6.07, 6.45) is 28.9. The van der Waals surface area contributed by atoms with Gasteiger partial charge in [0.2, 0.25) is 5.91 Å². The molecule has 1 rings (SSSR count). The average molecular weight is 516 g/mol. The highest BCUT2D eigenvalue weighted by Crippen LogP contribution is 2.15. The summed E-state index contributed by atoms with van der Waals surface area (Å²) in [7, 11) is 0. The van der Waals surface area contributed by atoms with Crippen molar-refractivity contribution in [2.24, 2.45) is 0 Å². The van der Waals surface area contributed by atoms with Crippen LogP contribution in [-0.4, -0.2) is 23.0 Å². The Labute approximate surface area is 228 Å². The summed E-state index contributed by atoms with van der Waals surface area (Å²) in [6.45, 7) is 2.28. The molecular formula is C33H57NO3. The van der Waals surface area contributed by atoms with E-state index in [1.807, 2.05) is 30.3 Å². The van der Waals surface area contributed by atoms with Crippen molar-refractivity contribution in [1.29, 1.82) is 0 Å². The summed E-state index contributed by atoms with van der Waals surface area (Å²) in [4.78, 5) is 23.7. The zero-order valence-electron chi connectivity index (χ0n) is 24.0. The van der Waals surface area contributed by atoms with E-state index in [1.54, 1.807) is 0 Å². The molecule has 0 spiro atoms. The molecule has 1 aromatic carbocycles. The van der Waals surface area contributed by atoms with Crippen LogP contribution in [0.3, 0.4) is 0 Å². The van der Waals surface area contributed by atoms with E-state index < -0.39 is 12.0 Å². The van der Waals surface area contributed by atoms with Gasteiger partial charge in [-0.25, -0.2) is 4.79 Å². The third kappa shape index (κ3) is 20.9. The second kappa shape index (κ2) is 24.5. The molecule has 4 heteroatoms. The molecule has 4 nitrogen and oxygen atoms in total. The number of nitrogens with one attached hydrogen (secondary N) is 1. The van der Waals surface area contributed by atoms with Crippen LogP contribution >= 0.6 is 0 Å². The van der Waals surface area contributed by atoms with E-state index in [4.69, 9.17) is 0 Å². The van der Waals surface area contributed by atoms with Crippen molar-refractivity contribution in [3.05, 3.63) is 35.9 Å². The molecule has 0 aliphatic rings. The van der Waals surface area contributed by atoms with Gasteiger partial charge in [0.25, 0.3) is 0 Å². The Kier molecular flexibility index (Phi) is 22.0. The number of benzene rings is 1. The average Bonchev–Trinajstić information content (AvgIpc) is 2.89. The van der Waals surface area contributed by atoms with Crippen LogP contribution in [0.2, 0.25) is 0 Å². The van der Waals surface area contributed by atoms with Crippen LogP contribution in [0, 0.1) is 0 Å². The third-order valence-electron chi connectivity index (χ3n) is 7.42. The number of carbonyl (C=O) groups excluding carboxylic acids is 1. The summed E-state index contributed by atoms with van der Waals surface area (Å²) in [5, 5.41) is 12.1. The Bertz CT molecular complexity index is 661. The van der Waals surface area contributed by atoms with Gasteiger partial charge in [0.05, 0.1) is 0 Å². The predicted molar refractivity (Wildman–Crippen MR) is 157 cm³/mol. The van der Waals surface area contributed by atoms with Gasteiger partial charge in [0.15, 0.2) is 0 Å². The lowest BCUT2D eigenvalue weighted by molar-refractivity contribution is -0.141. The van der Waals surface area contributed by atoms with Gasteiger partial charge in [-0.2, -0.15) is 0 Å². The highest BCUT2D eigenvalue weighted by atomic mass is 16.4. The third-order valence-corrected chi connectivity index (χ3v) is 7.42. The van der Waals surface area contributed by atoms with Crippen LogP contribution < -0.4 is 5.32 Å². The van der Waals surface area contributed by atoms with Crippen molar-refractivity contribution in [2.75, 3.05) is 0 Å². The maximum atomic E-state index is 12.2. The minimum Gasteiger partial charge on any atom is -0.480 e. The van der Waals surface area contributed by atoms with Gasteiger partial charge < -0.3 is 10.4 Å². The Morgan fingerprint density at radius 1 is 0.622 bits per heavy atom. The Morgan fingerprint density at radius 3 is 1.38 bits per heavy atom. The second-order valence-corrected chi connectivity index (χ2v) is 11.0. The highest BCUT2D eigenvalue weighted by Gasteiger charge is 2.19. The number of unbranched alkanes of at least 4 members (excludes halogenated alkanes) is 20. The summed E-state index contributed by atoms with van der Waals surface area (Å²) in [6, 6.07) is 8.60. The molecule has 2 N–H and O–H groups in total. The number of aliphatic carboxylic acids is 1. The van der Waals surface area contributed by atoms with Crippen LogP contribution in [-0.2, 0) is 16.0 Å². The molecule has 0 aliphatic heterocycles. The van der Waals surface area contributed by atoms with Crippen molar-refractivity contribution >= 4 is 11.9 Å². The summed E-state index contributed by atoms with van der Waals surface area (Å²) < 4.78 is 0. The largest absolute Gasteiger partial charge is 0.480 e. The topological polar surface area (TPSA) is 66.4 Å². The van der Waals surface area contributed by atoms with Crippen LogP contribution in [0.5, 0.6) is 0 Å². The predicted octanol–water partition coefficient (Wildman–Crippen LogP) is 9.40. The quantitative estimate of drug-likeness (QED) is 0.121. The Morgan fingerprint density at radius 2 is 1.00 bits per heavy atom. The van der Waals surface area contributed by atoms with Crippen molar-refractivity contribution in [3.8, 4) is 0 Å². The highest BCUT2D eigenvalue weighted by molar-refractivity contribution is 5.83. The number of carbonyl (C=O) groups is 2. The van der Waals surface area contributed by atoms with Crippen molar-refractivity contribution in [1.82, 2.24) is 5.32 Å². The molecule has 0 aliphatic carbocycles. The van der Waals surface area contributed by atoms with E-state index in [9.17, 15) is 14.7 Å². The van der Waals surface area contributed by atoms with Crippen molar-refractivity contribution in [3.63, 3.8) is 0 Å². The maximum Gasteiger partial charge on any atom is 0.326 e. The number of carboxylic acid groups (broad SMARTS) is 1. The zero-order chi connectivity index (χ0) is 26.8. The molecule has 0 heterocycles. The molecule has 37 heavy (non-hydrogen) atoms. The van der Waals surface area contributed by atoms with E-state index in [0.717, 1.165) is 18.4 Å². The number of rotatable bonds is 26. The molecule has 212 valence electrons. The first kappa shape index (κ1) is 33.2. The van der Waals surface area contributed by atoms with Gasteiger partial charge in [-0.15, -0.1) is 0 Å². The van der Waals surface area contributed by atoms with Crippen LogP contribution in [0.15, 0.2) is 30.3 Å². The van der Waals surface area contributed by atoms with E-state index in [1.165, 1.54) is 122 Å². The standard InChI is InChI=1S/C33H57NO3/c1-2-3-4-5-6-7-8-9-10-11-12-13-14-15-16-17-18-19-20-21-25-28-32(35)34-31(33(36)37)29-30-26-23-22-24-27-30/h22-24,26-27,31H,2-21,25,28-29H2,1H3,(H,34,35)(H,36,37)/t31-/m0/s1. The molecule has 1 amide bonds.